The van der Waals surface area contributed by atoms with Crippen molar-refractivity contribution in [1.82, 2.24) is 0 Å². The second-order valence-electron chi connectivity index (χ2n) is 8.73. The Kier molecular flexibility index (Phi) is 3.56. The molecule has 0 aliphatic heterocycles. The third kappa shape index (κ3) is 2.16. The normalized spacial score (nSPS) is 44.0. The molecule has 0 amide bonds. The first-order valence-corrected chi connectivity index (χ1v) is 9.45. The summed E-state index contributed by atoms with van der Waals surface area (Å²) in [6.45, 7) is 6.07. The Labute approximate surface area is 144 Å². The molecule has 0 aromatic heterocycles. The maximum absolute atomic E-state index is 12.4. The lowest BCUT2D eigenvalue weighted by Gasteiger charge is -2.52. The molecule has 0 aromatic rings. The molecule has 5 atom stereocenters. The standard InChI is InChI=1S/C21H28O3/c1-13(22)24-15-8-10-20(2)14(12-15)4-5-16-17-6-7-19(23)21(17,3)11-9-18(16)20/h4,9,15-17H,5-8,10-12H2,1-3H3/t15?,16?,17-,20-,21-/m0/s1. The number of Topliss-reactive ketones (excluding diaryl/α,β-unsaturated/α-hetero) is 1. The van der Waals surface area contributed by atoms with Crippen molar-refractivity contribution in [1.29, 1.82) is 0 Å². The van der Waals surface area contributed by atoms with E-state index in [4.69, 9.17) is 4.74 Å². The summed E-state index contributed by atoms with van der Waals surface area (Å²) in [6.07, 6.45) is 11.5. The van der Waals surface area contributed by atoms with E-state index in [1.54, 1.807) is 5.57 Å². The largest absolute Gasteiger partial charge is 0.462 e. The maximum Gasteiger partial charge on any atom is 0.302 e. The van der Waals surface area contributed by atoms with Gasteiger partial charge in [-0.1, -0.05) is 37.1 Å². The zero-order valence-electron chi connectivity index (χ0n) is 15.1. The van der Waals surface area contributed by atoms with Gasteiger partial charge >= 0.3 is 5.97 Å². The fourth-order valence-electron chi connectivity index (χ4n) is 6.05. The summed E-state index contributed by atoms with van der Waals surface area (Å²) in [7, 11) is 0. The van der Waals surface area contributed by atoms with Crippen molar-refractivity contribution in [3.63, 3.8) is 0 Å². The van der Waals surface area contributed by atoms with Crippen LogP contribution in [0.2, 0.25) is 0 Å². The van der Waals surface area contributed by atoms with Crippen molar-refractivity contribution in [2.75, 3.05) is 0 Å². The van der Waals surface area contributed by atoms with Crippen LogP contribution in [-0.2, 0) is 14.3 Å². The molecule has 4 aliphatic carbocycles. The van der Waals surface area contributed by atoms with Gasteiger partial charge in [0.15, 0.2) is 0 Å². The summed E-state index contributed by atoms with van der Waals surface area (Å²) < 4.78 is 5.48. The number of allylic oxidation sites excluding steroid dienone is 3. The van der Waals surface area contributed by atoms with Crippen LogP contribution in [0, 0.1) is 22.7 Å². The Hall–Kier alpha value is -1.38. The highest BCUT2D eigenvalue weighted by atomic mass is 16.5. The van der Waals surface area contributed by atoms with Crippen LogP contribution in [0.4, 0.5) is 0 Å². The number of rotatable bonds is 1. The average Bonchev–Trinajstić information content (AvgIpc) is 2.83. The van der Waals surface area contributed by atoms with Gasteiger partial charge in [0.05, 0.1) is 0 Å². The van der Waals surface area contributed by atoms with Gasteiger partial charge < -0.3 is 4.74 Å². The average molecular weight is 328 g/mol. The van der Waals surface area contributed by atoms with Crippen molar-refractivity contribution in [3.05, 3.63) is 23.3 Å². The number of ether oxygens (including phenoxy) is 1. The smallest absolute Gasteiger partial charge is 0.302 e. The molecule has 2 unspecified atom stereocenters. The number of hydrogen-bond acceptors (Lipinski definition) is 3. The van der Waals surface area contributed by atoms with Gasteiger partial charge in [0.2, 0.25) is 0 Å². The van der Waals surface area contributed by atoms with Crippen molar-refractivity contribution in [3.8, 4) is 0 Å². The van der Waals surface area contributed by atoms with E-state index >= 15 is 0 Å². The third-order valence-electron chi connectivity index (χ3n) is 7.48. The topological polar surface area (TPSA) is 43.4 Å². The maximum atomic E-state index is 12.4. The molecule has 4 rings (SSSR count). The molecule has 2 fully saturated rings. The van der Waals surface area contributed by atoms with Gasteiger partial charge in [-0.25, -0.2) is 0 Å². The highest BCUT2D eigenvalue weighted by Crippen LogP contribution is 2.61. The van der Waals surface area contributed by atoms with Gasteiger partial charge in [-0.2, -0.15) is 0 Å². The highest BCUT2D eigenvalue weighted by Gasteiger charge is 2.55. The van der Waals surface area contributed by atoms with E-state index < -0.39 is 0 Å². The van der Waals surface area contributed by atoms with Crippen molar-refractivity contribution < 1.29 is 14.3 Å². The van der Waals surface area contributed by atoms with Gasteiger partial charge in [-0.05, 0) is 43.9 Å². The van der Waals surface area contributed by atoms with E-state index in [0.29, 0.717) is 17.6 Å². The molecule has 0 saturated heterocycles. The van der Waals surface area contributed by atoms with Crippen LogP contribution in [0.15, 0.2) is 23.3 Å². The lowest BCUT2D eigenvalue weighted by molar-refractivity contribution is -0.147. The molecule has 0 bridgehead atoms. The Bertz CT molecular complexity index is 658. The van der Waals surface area contributed by atoms with Crippen molar-refractivity contribution in [2.45, 2.75) is 71.8 Å². The molecular weight excluding hydrogens is 300 g/mol. The minimum atomic E-state index is -0.171. The molecule has 24 heavy (non-hydrogen) atoms. The predicted molar refractivity (Wildman–Crippen MR) is 92.2 cm³/mol. The molecule has 0 heterocycles. The molecule has 130 valence electrons. The van der Waals surface area contributed by atoms with E-state index in [1.807, 2.05) is 0 Å². The van der Waals surface area contributed by atoms with E-state index in [2.05, 4.69) is 26.0 Å². The lowest BCUT2D eigenvalue weighted by atomic mass is 9.52. The van der Waals surface area contributed by atoms with E-state index in [9.17, 15) is 9.59 Å². The molecule has 3 heteroatoms. The van der Waals surface area contributed by atoms with Crippen LogP contribution >= 0.6 is 0 Å². The predicted octanol–water partition coefficient (Wildman–Crippen LogP) is 4.37. The summed E-state index contributed by atoms with van der Waals surface area (Å²) >= 11 is 0. The Balaban J connectivity index is 1.64. The third-order valence-corrected chi connectivity index (χ3v) is 7.48. The summed E-state index contributed by atoms with van der Waals surface area (Å²) in [5.41, 5.74) is 3.03. The van der Waals surface area contributed by atoms with Gasteiger partial charge in [0, 0.05) is 30.6 Å². The van der Waals surface area contributed by atoms with Crippen LogP contribution in [-0.4, -0.2) is 17.9 Å². The molecule has 0 N–H and O–H groups in total. The summed E-state index contributed by atoms with van der Waals surface area (Å²) in [5.74, 6) is 1.36. The van der Waals surface area contributed by atoms with E-state index in [1.165, 1.54) is 12.5 Å². The molecule has 3 nitrogen and oxygen atoms in total. The van der Waals surface area contributed by atoms with Crippen LogP contribution in [0.1, 0.15) is 65.7 Å². The zero-order valence-corrected chi connectivity index (χ0v) is 15.1. The molecule has 2 saturated carbocycles. The first kappa shape index (κ1) is 16.1. The van der Waals surface area contributed by atoms with Gasteiger partial charge in [0.25, 0.3) is 0 Å². The number of ketones is 1. The molecule has 0 radical (unpaired) electrons. The minimum Gasteiger partial charge on any atom is -0.462 e. The van der Waals surface area contributed by atoms with E-state index in [0.717, 1.165) is 44.9 Å². The quantitative estimate of drug-likeness (QED) is 0.530. The number of carbonyl (C=O) groups excluding carboxylic acids is 2. The van der Waals surface area contributed by atoms with Crippen LogP contribution < -0.4 is 0 Å². The Morgan fingerprint density at radius 1 is 1.25 bits per heavy atom. The summed E-state index contributed by atoms with van der Waals surface area (Å²) in [4.78, 5) is 23.7. The second-order valence-corrected chi connectivity index (χ2v) is 8.73. The molecular formula is C21H28O3. The Morgan fingerprint density at radius 3 is 2.79 bits per heavy atom. The van der Waals surface area contributed by atoms with Gasteiger partial charge in [0.1, 0.15) is 11.9 Å². The minimum absolute atomic E-state index is 0.0425. The van der Waals surface area contributed by atoms with Crippen molar-refractivity contribution >= 4 is 11.8 Å². The number of hydrogen-bond donors (Lipinski definition) is 0. The molecule has 0 spiro atoms. The lowest BCUT2D eigenvalue weighted by Crippen LogP contribution is -2.44. The van der Waals surface area contributed by atoms with Crippen LogP contribution in [0.25, 0.3) is 0 Å². The van der Waals surface area contributed by atoms with Gasteiger partial charge in [-0.15, -0.1) is 0 Å². The van der Waals surface area contributed by atoms with Gasteiger partial charge in [-0.3, -0.25) is 9.59 Å². The summed E-state index contributed by atoms with van der Waals surface area (Å²) in [5, 5.41) is 0. The molecule has 4 aliphatic rings. The van der Waals surface area contributed by atoms with Crippen molar-refractivity contribution in [2.24, 2.45) is 22.7 Å². The van der Waals surface area contributed by atoms with E-state index in [-0.39, 0.29) is 22.9 Å². The second kappa shape index (κ2) is 5.31. The fourth-order valence-corrected chi connectivity index (χ4v) is 6.05. The fraction of sp³-hybridized carbons (Fsp3) is 0.714. The molecule has 0 aromatic carbocycles. The number of esters is 1. The number of fused-ring (bicyclic) bond motifs is 5. The first-order valence-electron chi connectivity index (χ1n) is 9.45. The van der Waals surface area contributed by atoms with Crippen LogP contribution in [0.3, 0.4) is 0 Å². The zero-order chi connectivity index (χ0) is 17.1. The first-order chi connectivity index (χ1) is 11.3. The Morgan fingerprint density at radius 2 is 2.04 bits per heavy atom. The SMILES string of the molecule is CC(=O)OC1CC[C@@]2(C)C(=CCC3C2=CC[C@]2(C)C(=O)CC[C@@H]32)C1. The highest BCUT2D eigenvalue weighted by molar-refractivity contribution is 5.87. The summed E-state index contributed by atoms with van der Waals surface area (Å²) in [6, 6.07) is 0. The monoisotopic (exact) mass is 328 g/mol. The number of carbonyl (C=O) groups is 2. The van der Waals surface area contributed by atoms with Crippen LogP contribution in [0.5, 0.6) is 0 Å².